The summed E-state index contributed by atoms with van der Waals surface area (Å²) in [6, 6.07) is 28.9. The van der Waals surface area contributed by atoms with E-state index in [1.807, 2.05) is 67.6 Å². The maximum absolute atomic E-state index is 13.6. The van der Waals surface area contributed by atoms with E-state index in [2.05, 4.69) is 0 Å². The predicted molar refractivity (Wildman–Crippen MR) is 167 cm³/mol. The zero-order valence-electron chi connectivity index (χ0n) is 22.9. The van der Waals surface area contributed by atoms with Crippen molar-refractivity contribution < 1.29 is 22.1 Å². The number of amides is 1. The monoisotopic (exact) mass is 618 g/mol. The van der Waals surface area contributed by atoms with E-state index < -0.39 is 10.1 Å². The maximum atomic E-state index is 13.6. The molecule has 1 saturated heterocycles. The number of methoxy groups -OCH3 is 1. The van der Waals surface area contributed by atoms with Crippen molar-refractivity contribution in [2.75, 3.05) is 7.11 Å². The second-order valence-electron chi connectivity index (χ2n) is 9.46. The summed E-state index contributed by atoms with van der Waals surface area (Å²) in [5, 5.41) is 0.604. The van der Waals surface area contributed by atoms with Gasteiger partial charge in [0.2, 0.25) is 5.75 Å². The SMILES string of the molecule is COc1cc(/C=C2/SC(=NCc3ccccc3)N(Cc3ccccc3)C2=O)cc(Cl)c1OS(=O)(=O)c1ccc(C)cc1. The van der Waals surface area contributed by atoms with Gasteiger partial charge in [0.1, 0.15) is 4.90 Å². The summed E-state index contributed by atoms with van der Waals surface area (Å²) in [6.45, 7) is 2.65. The van der Waals surface area contributed by atoms with Gasteiger partial charge in [-0.2, -0.15) is 8.42 Å². The molecular formula is C32H27ClN2O5S2. The molecule has 1 aliphatic rings. The second-order valence-corrected chi connectivity index (χ2v) is 12.4. The molecule has 42 heavy (non-hydrogen) atoms. The Labute approximate surface area is 254 Å². The van der Waals surface area contributed by atoms with Gasteiger partial charge in [0.25, 0.3) is 5.91 Å². The van der Waals surface area contributed by atoms with Gasteiger partial charge in [0.15, 0.2) is 10.9 Å². The molecule has 1 amide bonds. The third kappa shape index (κ3) is 6.87. The molecule has 0 atom stereocenters. The molecule has 10 heteroatoms. The van der Waals surface area contributed by atoms with Crippen LogP contribution in [0.3, 0.4) is 0 Å². The molecule has 0 aliphatic carbocycles. The summed E-state index contributed by atoms with van der Waals surface area (Å²) >= 11 is 7.78. The minimum atomic E-state index is -4.16. The molecule has 4 aromatic carbocycles. The summed E-state index contributed by atoms with van der Waals surface area (Å²) in [5.41, 5.74) is 3.46. The third-order valence-electron chi connectivity index (χ3n) is 6.36. The van der Waals surface area contributed by atoms with Crippen molar-refractivity contribution in [1.82, 2.24) is 4.90 Å². The van der Waals surface area contributed by atoms with Crippen LogP contribution in [0.2, 0.25) is 5.02 Å². The molecule has 0 bridgehead atoms. The van der Waals surface area contributed by atoms with Crippen LogP contribution in [0, 0.1) is 6.92 Å². The molecule has 4 aromatic rings. The Bertz CT molecular complexity index is 1760. The largest absolute Gasteiger partial charge is 0.493 e. The lowest BCUT2D eigenvalue weighted by Crippen LogP contribution is -2.28. The van der Waals surface area contributed by atoms with Gasteiger partial charge in [-0.05, 0) is 65.7 Å². The van der Waals surface area contributed by atoms with Gasteiger partial charge in [-0.3, -0.25) is 14.7 Å². The van der Waals surface area contributed by atoms with Crippen LogP contribution in [0.25, 0.3) is 6.08 Å². The van der Waals surface area contributed by atoms with E-state index in [-0.39, 0.29) is 27.3 Å². The van der Waals surface area contributed by atoms with Gasteiger partial charge in [-0.15, -0.1) is 0 Å². The number of halogens is 1. The molecule has 1 heterocycles. The van der Waals surface area contributed by atoms with E-state index in [4.69, 9.17) is 25.5 Å². The number of ether oxygens (including phenoxy) is 1. The van der Waals surface area contributed by atoms with Crippen LogP contribution in [-0.2, 0) is 28.0 Å². The normalized spacial score (nSPS) is 15.4. The van der Waals surface area contributed by atoms with Crippen LogP contribution in [0.5, 0.6) is 11.5 Å². The Kier molecular flexibility index (Phi) is 9.01. The Morgan fingerprint density at radius 3 is 2.21 bits per heavy atom. The van der Waals surface area contributed by atoms with Crippen molar-refractivity contribution in [2.45, 2.75) is 24.9 Å². The number of aliphatic imine (C=N–C) groups is 1. The number of nitrogens with zero attached hydrogens (tertiary/aromatic N) is 2. The molecule has 0 saturated carbocycles. The quantitative estimate of drug-likeness (QED) is 0.147. The van der Waals surface area contributed by atoms with Gasteiger partial charge in [0.05, 0.1) is 30.1 Å². The summed E-state index contributed by atoms with van der Waals surface area (Å²) in [4.78, 5) is 20.4. The zero-order chi connectivity index (χ0) is 29.7. The van der Waals surface area contributed by atoms with Crippen molar-refractivity contribution in [1.29, 1.82) is 0 Å². The van der Waals surface area contributed by atoms with Crippen molar-refractivity contribution in [3.8, 4) is 11.5 Å². The number of hydrogen-bond acceptors (Lipinski definition) is 7. The molecule has 0 unspecified atom stereocenters. The third-order valence-corrected chi connectivity index (χ3v) is 8.92. The molecule has 0 radical (unpaired) electrons. The summed E-state index contributed by atoms with van der Waals surface area (Å²) in [7, 11) is -2.78. The van der Waals surface area contributed by atoms with Crippen LogP contribution < -0.4 is 8.92 Å². The van der Waals surface area contributed by atoms with E-state index in [0.717, 1.165) is 16.7 Å². The number of hydrogen-bond donors (Lipinski definition) is 0. The van der Waals surface area contributed by atoms with Crippen molar-refractivity contribution >= 4 is 50.6 Å². The van der Waals surface area contributed by atoms with Gasteiger partial charge in [-0.25, -0.2) is 0 Å². The number of rotatable bonds is 9. The standard InChI is InChI=1S/C32H27ClN2O5S2/c1-22-13-15-26(16-14-22)42(37,38)40-30-27(33)17-25(18-28(30)39-2)19-29-31(36)35(21-24-11-7-4-8-12-24)32(41-29)34-20-23-9-5-3-6-10-23/h3-19H,20-21H2,1-2H3/b29-19+,34-32?. The first-order valence-electron chi connectivity index (χ1n) is 13.0. The van der Waals surface area contributed by atoms with E-state index in [1.54, 1.807) is 29.2 Å². The van der Waals surface area contributed by atoms with Crippen LogP contribution in [0.4, 0.5) is 0 Å². The molecule has 1 fully saturated rings. The molecule has 0 N–H and O–H groups in total. The number of carbonyl (C=O) groups excluding carboxylic acids is 1. The maximum Gasteiger partial charge on any atom is 0.339 e. The number of aryl methyl sites for hydroxylation is 1. The Balaban J connectivity index is 1.45. The molecule has 7 nitrogen and oxygen atoms in total. The van der Waals surface area contributed by atoms with Crippen LogP contribution >= 0.6 is 23.4 Å². The summed E-state index contributed by atoms with van der Waals surface area (Å²) in [5.74, 6) is -0.226. The number of benzene rings is 4. The van der Waals surface area contributed by atoms with Crippen LogP contribution in [0.1, 0.15) is 22.3 Å². The molecule has 214 valence electrons. The number of carbonyl (C=O) groups is 1. The van der Waals surface area contributed by atoms with Gasteiger partial charge in [0, 0.05) is 0 Å². The summed E-state index contributed by atoms with van der Waals surface area (Å²) < 4.78 is 36.7. The molecule has 0 aromatic heterocycles. The van der Waals surface area contributed by atoms with Gasteiger partial charge in [-0.1, -0.05) is 90.0 Å². The predicted octanol–water partition coefficient (Wildman–Crippen LogP) is 7.10. The van der Waals surface area contributed by atoms with Crippen LogP contribution in [0.15, 0.2) is 112 Å². The van der Waals surface area contributed by atoms with E-state index in [1.165, 1.54) is 37.1 Å². The first-order chi connectivity index (χ1) is 20.2. The van der Waals surface area contributed by atoms with E-state index in [9.17, 15) is 13.2 Å². The average molecular weight is 619 g/mol. The van der Waals surface area contributed by atoms with E-state index >= 15 is 0 Å². The van der Waals surface area contributed by atoms with Crippen molar-refractivity contribution in [3.05, 3.63) is 129 Å². The highest BCUT2D eigenvalue weighted by molar-refractivity contribution is 8.18. The molecule has 5 rings (SSSR count). The molecular weight excluding hydrogens is 592 g/mol. The Morgan fingerprint density at radius 1 is 0.929 bits per heavy atom. The minimum absolute atomic E-state index is 0.00815. The first-order valence-corrected chi connectivity index (χ1v) is 15.6. The van der Waals surface area contributed by atoms with Crippen molar-refractivity contribution in [3.63, 3.8) is 0 Å². The average Bonchev–Trinajstić information content (AvgIpc) is 3.27. The Morgan fingerprint density at radius 2 is 1.57 bits per heavy atom. The number of thioether (sulfide) groups is 1. The first kappa shape index (κ1) is 29.4. The number of amidine groups is 1. The highest BCUT2D eigenvalue weighted by Crippen LogP contribution is 2.40. The lowest BCUT2D eigenvalue weighted by Gasteiger charge is -2.15. The topological polar surface area (TPSA) is 85.3 Å². The van der Waals surface area contributed by atoms with Crippen molar-refractivity contribution in [2.24, 2.45) is 4.99 Å². The lowest BCUT2D eigenvalue weighted by atomic mass is 10.1. The zero-order valence-corrected chi connectivity index (χ0v) is 25.2. The molecule has 1 aliphatic heterocycles. The minimum Gasteiger partial charge on any atom is -0.493 e. The summed E-state index contributed by atoms with van der Waals surface area (Å²) in [6.07, 6.45) is 1.68. The fraction of sp³-hybridized carbons (Fsp3) is 0.125. The Hall–Kier alpha value is -4.05. The molecule has 0 spiro atoms. The highest BCUT2D eigenvalue weighted by atomic mass is 35.5. The van der Waals surface area contributed by atoms with Gasteiger partial charge >= 0.3 is 10.1 Å². The lowest BCUT2D eigenvalue weighted by molar-refractivity contribution is -0.122. The highest BCUT2D eigenvalue weighted by Gasteiger charge is 2.33. The fourth-order valence-electron chi connectivity index (χ4n) is 4.19. The second kappa shape index (κ2) is 12.9. The smallest absolute Gasteiger partial charge is 0.339 e. The van der Waals surface area contributed by atoms with Crippen LogP contribution in [-0.4, -0.2) is 31.5 Å². The van der Waals surface area contributed by atoms with E-state index in [0.29, 0.717) is 28.7 Å². The van der Waals surface area contributed by atoms with Gasteiger partial charge < -0.3 is 8.92 Å². The fourth-order valence-corrected chi connectivity index (χ4v) is 6.43.